The van der Waals surface area contributed by atoms with E-state index in [2.05, 4.69) is 0 Å². The van der Waals surface area contributed by atoms with Crippen LogP contribution in [0.25, 0.3) is 0 Å². The number of nitrogens with one attached hydrogen (secondary N) is 1. The third-order valence-corrected chi connectivity index (χ3v) is 4.88. The van der Waals surface area contributed by atoms with Crippen molar-refractivity contribution in [3.8, 4) is 0 Å². The van der Waals surface area contributed by atoms with E-state index >= 15 is 0 Å². The summed E-state index contributed by atoms with van der Waals surface area (Å²) in [5.41, 5.74) is 2.20. The van der Waals surface area contributed by atoms with Crippen molar-refractivity contribution in [1.29, 1.82) is 0 Å². The molecule has 0 aromatic heterocycles. The second kappa shape index (κ2) is 8.06. The third-order valence-electron chi connectivity index (χ3n) is 4.88. The zero-order valence-electron chi connectivity index (χ0n) is 14.0. The molecule has 0 spiro atoms. The quantitative estimate of drug-likeness (QED) is 0.641. The number of aryl methyl sites for hydroxylation is 1. The summed E-state index contributed by atoms with van der Waals surface area (Å²) in [6.45, 7) is 4.18. The van der Waals surface area contributed by atoms with E-state index < -0.39 is 5.60 Å². The predicted octanol–water partition coefficient (Wildman–Crippen LogP) is -1.25. The van der Waals surface area contributed by atoms with E-state index in [1.807, 2.05) is 61.5 Å². The Balaban J connectivity index is 0.00000208. The first kappa shape index (κ1) is 18.8. The van der Waals surface area contributed by atoms with Crippen LogP contribution in [0.3, 0.4) is 0 Å². The predicted molar refractivity (Wildman–Crippen MR) is 90.6 cm³/mol. The molecular formula is C20H24BrNO2. The topological polar surface area (TPSA) is 41.7 Å². The minimum absolute atomic E-state index is 0. The number of hydrogen-bond acceptors (Lipinski definition) is 2. The molecular weight excluding hydrogens is 366 g/mol. The monoisotopic (exact) mass is 389 g/mol. The van der Waals surface area contributed by atoms with Crippen LogP contribution in [0.2, 0.25) is 0 Å². The molecule has 0 bridgehead atoms. The van der Waals surface area contributed by atoms with Crippen molar-refractivity contribution < 1.29 is 31.8 Å². The minimum atomic E-state index is -0.738. The normalized spacial score (nSPS) is 23.3. The first-order valence-corrected chi connectivity index (χ1v) is 8.28. The number of benzene rings is 2. The van der Waals surface area contributed by atoms with Crippen LogP contribution < -0.4 is 21.9 Å². The molecule has 0 saturated carbocycles. The van der Waals surface area contributed by atoms with Crippen LogP contribution in [0, 0.1) is 6.92 Å². The lowest BCUT2D eigenvalue weighted by Crippen LogP contribution is -3.14. The molecule has 0 unspecified atom stereocenters. The molecule has 2 aromatic rings. The van der Waals surface area contributed by atoms with E-state index in [0.29, 0.717) is 19.4 Å². The van der Waals surface area contributed by atoms with Crippen molar-refractivity contribution in [3.05, 3.63) is 71.3 Å². The average Bonchev–Trinajstić information content (AvgIpc) is 2.58. The van der Waals surface area contributed by atoms with Crippen molar-refractivity contribution in [3.63, 3.8) is 0 Å². The first-order valence-electron chi connectivity index (χ1n) is 8.28. The van der Waals surface area contributed by atoms with Crippen molar-refractivity contribution in [2.75, 3.05) is 19.6 Å². The van der Waals surface area contributed by atoms with Gasteiger partial charge in [-0.25, -0.2) is 0 Å². The number of likely N-dealkylation sites (tertiary alicyclic amines) is 1. The lowest BCUT2D eigenvalue weighted by molar-refractivity contribution is -0.899. The van der Waals surface area contributed by atoms with Gasteiger partial charge in [0.1, 0.15) is 12.1 Å². The third kappa shape index (κ3) is 4.32. The van der Waals surface area contributed by atoms with Crippen molar-refractivity contribution >= 4 is 5.78 Å². The highest BCUT2D eigenvalue weighted by molar-refractivity contribution is 5.96. The van der Waals surface area contributed by atoms with E-state index in [9.17, 15) is 9.90 Å². The smallest absolute Gasteiger partial charge is 0.216 e. The summed E-state index contributed by atoms with van der Waals surface area (Å²) >= 11 is 0. The molecule has 0 amide bonds. The Labute approximate surface area is 154 Å². The van der Waals surface area contributed by atoms with Gasteiger partial charge in [0.05, 0.1) is 13.1 Å². The summed E-state index contributed by atoms with van der Waals surface area (Å²) in [6.07, 6.45) is 1.40. The molecule has 2 N–H and O–H groups in total. The van der Waals surface area contributed by atoms with E-state index in [0.717, 1.165) is 24.2 Å². The van der Waals surface area contributed by atoms with Gasteiger partial charge in [0.25, 0.3) is 0 Å². The SMILES string of the molecule is Cc1ccc(C(=O)C[NH+]2CCC(O)(c3ccccc3)CC2)cc1.[Br-]. The lowest BCUT2D eigenvalue weighted by atomic mass is 9.84. The maximum absolute atomic E-state index is 12.4. The number of carbonyl (C=O) groups excluding carboxylic acids is 1. The van der Waals surface area contributed by atoms with Crippen LogP contribution in [-0.4, -0.2) is 30.5 Å². The van der Waals surface area contributed by atoms with E-state index in [-0.39, 0.29) is 22.8 Å². The molecule has 1 saturated heterocycles. The number of halogens is 1. The molecule has 1 fully saturated rings. The fourth-order valence-corrected chi connectivity index (χ4v) is 3.30. The fourth-order valence-electron chi connectivity index (χ4n) is 3.30. The molecule has 2 aromatic carbocycles. The summed E-state index contributed by atoms with van der Waals surface area (Å²) in [4.78, 5) is 13.6. The van der Waals surface area contributed by atoms with Gasteiger partial charge in [-0.3, -0.25) is 4.79 Å². The maximum atomic E-state index is 12.4. The molecule has 3 nitrogen and oxygen atoms in total. The maximum Gasteiger partial charge on any atom is 0.216 e. The molecule has 1 heterocycles. The number of piperidine rings is 1. The zero-order chi connectivity index (χ0) is 16.3. The van der Waals surface area contributed by atoms with Gasteiger partial charge in [-0.05, 0) is 12.5 Å². The number of aliphatic hydroxyl groups is 1. The molecule has 24 heavy (non-hydrogen) atoms. The second-order valence-corrected chi connectivity index (χ2v) is 6.61. The van der Waals surface area contributed by atoms with Gasteiger partial charge in [-0.1, -0.05) is 60.2 Å². The van der Waals surface area contributed by atoms with E-state index in [4.69, 9.17) is 0 Å². The summed E-state index contributed by atoms with van der Waals surface area (Å²) in [7, 11) is 0. The zero-order valence-corrected chi connectivity index (χ0v) is 15.6. The molecule has 128 valence electrons. The van der Waals surface area contributed by atoms with Crippen molar-refractivity contribution in [1.82, 2.24) is 0 Å². The number of quaternary nitrogens is 1. The van der Waals surface area contributed by atoms with Crippen molar-refractivity contribution in [2.45, 2.75) is 25.4 Å². The largest absolute Gasteiger partial charge is 1.00 e. The molecule has 1 aliphatic heterocycles. The summed E-state index contributed by atoms with van der Waals surface area (Å²) in [5, 5.41) is 10.8. The number of hydrogen-bond donors (Lipinski definition) is 2. The van der Waals surface area contributed by atoms with Crippen LogP contribution in [0.4, 0.5) is 0 Å². The Morgan fingerprint density at radius 1 is 1.04 bits per heavy atom. The van der Waals surface area contributed by atoms with Crippen LogP contribution in [-0.2, 0) is 5.60 Å². The summed E-state index contributed by atoms with van der Waals surface area (Å²) in [5.74, 6) is 0.185. The van der Waals surface area contributed by atoms with Gasteiger partial charge in [0.2, 0.25) is 5.78 Å². The number of Topliss-reactive ketones (excluding diaryl/α,β-unsaturated/α-hetero) is 1. The van der Waals surface area contributed by atoms with Gasteiger partial charge in [-0.15, -0.1) is 0 Å². The highest BCUT2D eigenvalue weighted by atomic mass is 79.9. The average molecular weight is 390 g/mol. The molecule has 3 rings (SSSR count). The Morgan fingerprint density at radius 3 is 2.21 bits per heavy atom. The Bertz CT molecular complexity index is 662. The van der Waals surface area contributed by atoms with E-state index in [1.54, 1.807) is 0 Å². The Kier molecular flexibility index (Phi) is 6.33. The van der Waals surface area contributed by atoms with Gasteiger partial charge in [0.15, 0.2) is 0 Å². The molecule has 0 atom stereocenters. The summed E-state index contributed by atoms with van der Waals surface area (Å²) in [6, 6.07) is 17.6. The van der Waals surface area contributed by atoms with Gasteiger partial charge < -0.3 is 27.0 Å². The van der Waals surface area contributed by atoms with Gasteiger partial charge in [-0.2, -0.15) is 0 Å². The van der Waals surface area contributed by atoms with Crippen LogP contribution in [0.1, 0.15) is 34.3 Å². The molecule has 1 aliphatic rings. The highest BCUT2D eigenvalue weighted by Crippen LogP contribution is 2.28. The van der Waals surface area contributed by atoms with Gasteiger partial charge >= 0.3 is 0 Å². The van der Waals surface area contributed by atoms with Crippen molar-refractivity contribution in [2.24, 2.45) is 0 Å². The fraction of sp³-hybridized carbons (Fsp3) is 0.350. The lowest BCUT2D eigenvalue weighted by Gasteiger charge is -2.36. The second-order valence-electron chi connectivity index (χ2n) is 6.61. The highest BCUT2D eigenvalue weighted by Gasteiger charge is 2.36. The number of rotatable bonds is 4. The number of carbonyl (C=O) groups is 1. The van der Waals surface area contributed by atoms with Crippen LogP contribution >= 0.6 is 0 Å². The minimum Gasteiger partial charge on any atom is -1.00 e. The Hall–Kier alpha value is -1.49. The standard InChI is InChI=1S/C20H23NO2.BrH/c1-16-7-9-17(10-8-16)19(22)15-21-13-11-20(23,12-14-21)18-5-3-2-4-6-18;/h2-10,23H,11-15H2,1H3;1H. The Morgan fingerprint density at radius 2 is 1.62 bits per heavy atom. The number of ketones is 1. The van der Waals surface area contributed by atoms with E-state index in [1.165, 1.54) is 10.5 Å². The van der Waals surface area contributed by atoms with Crippen LogP contribution in [0.5, 0.6) is 0 Å². The molecule has 0 aliphatic carbocycles. The van der Waals surface area contributed by atoms with Gasteiger partial charge in [0, 0.05) is 18.4 Å². The molecule has 0 radical (unpaired) electrons. The first-order chi connectivity index (χ1) is 11.1. The summed E-state index contributed by atoms with van der Waals surface area (Å²) < 4.78 is 0. The molecule has 4 heteroatoms. The van der Waals surface area contributed by atoms with Crippen LogP contribution in [0.15, 0.2) is 54.6 Å².